The number of hydrogen-bond acceptors (Lipinski definition) is 2. The molecular formula is C15H16O2. The Morgan fingerprint density at radius 1 is 1.18 bits per heavy atom. The predicted octanol–water partition coefficient (Wildman–Crippen LogP) is 3.96. The predicted molar refractivity (Wildman–Crippen MR) is 70.1 cm³/mol. The average Bonchev–Trinajstić information content (AvgIpc) is 2.74. The molecule has 0 unspecified atom stereocenters. The second kappa shape index (κ2) is 4.21. The van der Waals surface area contributed by atoms with Crippen molar-refractivity contribution < 1.29 is 9.21 Å². The van der Waals surface area contributed by atoms with Crippen molar-refractivity contribution in [2.45, 2.75) is 27.7 Å². The molecule has 0 amide bonds. The Morgan fingerprint density at radius 2 is 1.88 bits per heavy atom. The Kier molecular flexibility index (Phi) is 2.88. The van der Waals surface area contributed by atoms with E-state index < -0.39 is 0 Å². The first-order valence-corrected chi connectivity index (χ1v) is 5.68. The van der Waals surface area contributed by atoms with Gasteiger partial charge in [0, 0.05) is 10.9 Å². The minimum atomic E-state index is 0.0438. The number of ketones is 1. The molecule has 88 valence electrons. The van der Waals surface area contributed by atoms with E-state index in [0.717, 1.165) is 16.5 Å². The Morgan fingerprint density at radius 3 is 2.53 bits per heavy atom. The molecule has 1 heterocycles. The molecule has 2 aromatic rings. The Labute approximate surface area is 101 Å². The van der Waals surface area contributed by atoms with Crippen molar-refractivity contribution in [1.29, 1.82) is 0 Å². The van der Waals surface area contributed by atoms with Gasteiger partial charge in [0.05, 0.1) is 6.26 Å². The molecule has 2 heteroatoms. The van der Waals surface area contributed by atoms with Crippen LogP contribution in [0, 0.1) is 20.8 Å². The maximum atomic E-state index is 11.0. The molecule has 0 aliphatic heterocycles. The van der Waals surface area contributed by atoms with Gasteiger partial charge < -0.3 is 4.42 Å². The van der Waals surface area contributed by atoms with E-state index in [1.807, 2.05) is 12.1 Å². The van der Waals surface area contributed by atoms with E-state index in [0.29, 0.717) is 0 Å². The molecule has 2 rings (SSSR count). The molecule has 0 aliphatic rings. The van der Waals surface area contributed by atoms with Crippen molar-refractivity contribution in [3.8, 4) is 0 Å². The quantitative estimate of drug-likeness (QED) is 0.728. The van der Waals surface area contributed by atoms with Gasteiger partial charge >= 0.3 is 0 Å². The minimum absolute atomic E-state index is 0.0438. The van der Waals surface area contributed by atoms with Crippen LogP contribution in [0.2, 0.25) is 0 Å². The molecule has 0 atom stereocenters. The van der Waals surface area contributed by atoms with Crippen molar-refractivity contribution in [3.05, 3.63) is 40.7 Å². The van der Waals surface area contributed by atoms with E-state index in [1.54, 1.807) is 19.3 Å². The standard InChI is InChI=1S/C15H16O2/c1-9(16)5-6-13-11(3)10(2)12(4)14-7-8-17-15(13)14/h5-8H,1-4H3/b6-5+. The Hall–Kier alpha value is -1.83. The van der Waals surface area contributed by atoms with Crippen LogP contribution in [-0.2, 0) is 4.79 Å². The number of allylic oxidation sites excluding steroid dienone is 1. The summed E-state index contributed by atoms with van der Waals surface area (Å²) >= 11 is 0. The summed E-state index contributed by atoms with van der Waals surface area (Å²) in [6.45, 7) is 7.80. The van der Waals surface area contributed by atoms with Gasteiger partial charge in [0.2, 0.25) is 0 Å². The monoisotopic (exact) mass is 228 g/mol. The molecule has 0 spiro atoms. The number of benzene rings is 1. The van der Waals surface area contributed by atoms with E-state index in [4.69, 9.17) is 4.42 Å². The molecule has 1 aromatic heterocycles. The summed E-state index contributed by atoms with van der Waals surface area (Å²) < 4.78 is 5.54. The lowest BCUT2D eigenvalue weighted by Gasteiger charge is -2.10. The zero-order chi connectivity index (χ0) is 12.6. The van der Waals surface area contributed by atoms with Gasteiger partial charge in [0.1, 0.15) is 5.58 Å². The summed E-state index contributed by atoms with van der Waals surface area (Å²) in [7, 11) is 0. The fraction of sp³-hybridized carbons (Fsp3) is 0.267. The van der Waals surface area contributed by atoms with Crippen molar-refractivity contribution in [3.63, 3.8) is 0 Å². The zero-order valence-corrected chi connectivity index (χ0v) is 10.6. The third-order valence-corrected chi connectivity index (χ3v) is 3.33. The van der Waals surface area contributed by atoms with Gasteiger partial charge in [-0.25, -0.2) is 0 Å². The first-order chi connectivity index (χ1) is 8.02. The van der Waals surface area contributed by atoms with Crippen LogP contribution in [0.25, 0.3) is 17.0 Å². The molecule has 0 fully saturated rings. The molecule has 17 heavy (non-hydrogen) atoms. The molecule has 0 aliphatic carbocycles. The highest BCUT2D eigenvalue weighted by Gasteiger charge is 2.12. The molecule has 2 nitrogen and oxygen atoms in total. The number of fused-ring (bicyclic) bond motifs is 1. The minimum Gasteiger partial charge on any atom is -0.464 e. The van der Waals surface area contributed by atoms with Crippen molar-refractivity contribution in [2.75, 3.05) is 0 Å². The summed E-state index contributed by atoms with van der Waals surface area (Å²) in [6.07, 6.45) is 5.12. The topological polar surface area (TPSA) is 30.2 Å². The number of aryl methyl sites for hydroxylation is 1. The molecular weight excluding hydrogens is 212 g/mol. The van der Waals surface area contributed by atoms with Crippen LogP contribution in [0.15, 0.2) is 22.8 Å². The molecule has 0 radical (unpaired) electrons. The fourth-order valence-electron chi connectivity index (χ4n) is 2.07. The lowest BCUT2D eigenvalue weighted by Crippen LogP contribution is -1.92. The smallest absolute Gasteiger partial charge is 0.152 e. The molecule has 0 N–H and O–H groups in total. The number of carbonyl (C=O) groups excluding carboxylic acids is 1. The van der Waals surface area contributed by atoms with E-state index in [-0.39, 0.29) is 5.78 Å². The van der Waals surface area contributed by atoms with Gasteiger partial charge in [0.15, 0.2) is 5.78 Å². The second-order valence-corrected chi connectivity index (χ2v) is 4.40. The highest BCUT2D eigenvalue weighted by molar-refractivity contribution is 5.97. The number of carbonyl (C=O) groups is 1. The third kappa shape index (κ3) is 1.91. The highest BCUT2D eigenvalue weighted by atomic mass is 16.3. The van der Waals surface area contributed by atoms with E-state index >= 15 is 0 Å². The van der Waals surface area contributed by atoms with E-state index in [2.05, 4.69) is 20.8 Å². The largest absolute Gasteiger partial charge is 0.464 e. The fourth-order valence-corrected chi connectivity index (χ4v) is 2.07. The molecule has 1 aromatic carbocycles. The second-order valence-electron chi connectivity index (χ2n) is 4.40. The highest BCUT2D eigenvalue weighted by Crippen LogP contribution is 2.31. The van der Waals surface area contributed by atoms with Crippen LogP contribution < -0.4 is 0 Å². The van der Waals surface area contributed by atoms with E-state index in [1.165, 1.54) is 16.7 Å². The summed E-state index contributed by atoms with van der Waals surface area (Å²) in [4.78, 5) is 11.0. The van der Waals surface area contributed by atoms with Gasteiger partial charge in [0.25, 0.3) is 0 Å². The Balaban J connectivity index is 2.77. The first kappa shape index (κ1) is 11.6. The van der Waals surface area contributed by atoms with Gasteiger partial charge in [-0.05, 0) is 62.6 Å². The van der Waals surface area contributed by atoms with Crippen LogP contribution in [0.3, 0.4) is 0 Å². The molecule has 0 saturated carbocycles. The van der Waals surface area contributed by atoms with Gasteiger partial charge in [-0.2, -0.15) is 0 Å². The van der Waals surface area contributed by atoms with Crippen molar-refractivity contribution in [2.24, 2.45) is 0 Å². The summed E-state index contributed by atoms with van der Waals surface area (Å²) in [5.74, 6) is 0.0438. The maximum Gasteiger partial charge on any atom is 0.152 e. The first-order valence-electron chi connectivity index (χ1n) is 5.68. The number of hydrogen-bond donors (Lipinski definition) is 0. The van der Waals surface area contributed by atoms with Gasteiger partial charge in [-0.15, -0.1) is 0 Å². The zero-order valence-electron chi connectivity index (χ0n) is 10.6. The van der Waals surface area contributed by atoms with E-state index in [9.17, 15) is 4.79 Å². The maximum absolute atomic E-state index is 11.0. The molecule has 0 saturated heterocycles. The van der Waals surface area contributed by atoms with Crippen molar-refractivity contribution >= 4 is 22.8 Å². The third-order valence-electron chi connectivity index (χ3n) is 3.33. The SMILES string of the molecule is CC(=O)/C=C/c1c(C)c(C)c(C)c2ccoc12. The van der Waals surface area contributed by atoms with Gasteiger partial charge in [-0.3, -0.25) is 4.79 Å². The van der Waals surface area contributed by atoms with Crippen LogP contribution in [0.4, 0.5) is 0 Å². The Bertz CT molecular complexity index is 615. The number of furan rings is 1. The average molecular weight is 228 g/mol. The lowest BCUT2D eigenvalue weighted by molar-refractivity contribution is -0.112. The van der Waals surface area contributed by atoms with Crippen LogP contribution >= 0.6 is 0 Å². The van der Waals surface area contributed by atoms with Crippen molar-refractivity contribution in [1.82, 2.24) is 0 Å². The molecule has 0 bridgehead atoms. The number of rotatable bonds is 2. The summed E-state index contributed by atoms with van der Waals surface area (Å²) in [6, 6.07) is 1.97. The van der Waals surface area contributed by atoms with Crippen LogP contribution in [0.5, 0.6) is 0 Å². The van der Waals surface area contributed by atoms with Crippen LogP contribution in [-0.4, -0.2) is 5.78 Å². The summed E-state index contributed by atoms with van der Waals surface area (Å²) in [5.41, 5.74) is 5.53. The summed E-state index contributed by atoms with van der Waals surface area (Å²) in [5, 5.41) is 1.12. The van der Waals surface area contributed by atoms with Gasteiger partial charge in [-0.1, -0.05) is 0 Å². The van der Waals surface area contributed by atoms with Crippen LogP contribution in [0.1, 0.15) is 29.2 Å². The lowest BCUT2D eigenvalue weighted by atomic mass is 9.95. The normalized spacial score (nSPS) is 11.5.